The zero-order valence-electron chi connectivity index (χ0n) is 9.90. The highest BCUT2D eigenvalue weighted by Crippen LogP contribution is 2.18. The third kappa shape index (κ3) is 3.17. The highest BCUT2D eigenvalue weighted by atomic mass is 32.1. The van der Waals surface area contributed by atoms with Gasteiger partial charge < -0.3 is 15.0 Å². The zero-order chi connectivity index (χ0) is 11.4. The van der Waals surface area contributed by atoms with Crippen LogP contribution in [0.4, 0.5) is 5.13 Å². The number of aromatic nitrogens is 1. The molecule has 1 aromatic rings. The lowest BCUT2D eigenvalue weighted by atomic mass is 10.1. The molecule has 0 spiro atoms. The van der Waals surface area contributed by atoms with Crippen LogP contribution in [-0.2, 0) is 11.3 Å². The van der Waals surface area contributed by atoms with Crippen molar-refractivity contribution in [3.05, 3.63) is 11.1 Å². The largest absolute Gasteiger partial charge is 0.380 e. The molecule has 1 unspecified atom stereocenters. The minimum atomic E-state index is 0.498. The number of nitrogens with zero attached hydrogens (tertiary/aromatic N) is 2. The van der Waals surface area contributed by atoms with E-state index in [-0.39, 0.29) is 0 Å². The van der Waals surface area contributed by atoms with Gasteiger partial charge in [0.2, 0.25) is 0 Å². The minimum absolute atomic E-state index is 0.498. The fraction of sp³-hybridized carbons (Fsp3) is 0.727. The fourth-order valence-electron chi connectivity index (χ4n) is 1.73. The Hall–Kier alpha value is -0.650. The van der Waals surface area contributed by atoms with Gasteiger partial charge in [0.25, 0.3) is 0 Å². The van der Waals surface area contributed by atoms with E-state index in [0.717, 1.165) is 37.0 Å². The maximum Gasteiger partial charge on any atom is 0.185 e. The highest BCUT2D eigenvalue weighted by Gasteiger charge is 2.13. The molecular weight excluding hydrogens is 222 g/mol. The number of nitrogens with one attached hydrogen (secondary N) is 1. The van der Waals surface area contributed by atoms with Crippen molar-refractivity contribution in [2.45, 2.75) is 25.4 Å². The molecule has 2 rings (SSSR count). The van der Waals surface area contributed by atoms with Crippen molar-refractivity contribution in [3.8, 4) is 0 Å². The molecule has 1 aliphatic heterocycles. The highest BCUT2D eigenvalue weighted by molar-refractivity contribution is 7.13. The number of hydrogen-bond acceptors (Lipinski definition) is 5. The first kappa shape index (κ1) is 11.8. The molecule has 0 bridgehead atoms. The lowest BCUT2D eigenvalue weighted by Crippen LogP contribution is -2.36. The monoisotopic (exact) mass is 241 g/mol. The van der Waals surface area contributed by atoms with E-state index in [2.05, 4.69) is 15.7 Å². The molecule has 1 aromatic heterocycles. The van der Waals surface area contributed by atoms with E-state index in [1.165, 1.54) is 6.42 Å². The van der Waals surface area contributed by atoms with Crippen molar-refractivity contribution < 1.29 is 4.74 Å². The second-order valence-electron chi connectivity index (χ2n) is 4.31. The maximum absolute atomic E-state index is 5.43. The molecule has 1 fully saturated rings. The molecule has 0 aromatic carbocycles. The number of anilines is 1. The third-order valence-corrected chi connectivity index (χ3v) is 3.71. The summed E-state index contributed by atoms with van der Waals surface area (Å²) in [4.78, 5) is 6.57. The summed E-state index contributed by atoms with van der Waals surface area (Å²) in [7, 11) is 4.04. The maximum atomic E-state index is 5.43. The predicted octanol–water partition coefficient (Wildman–Crippen LogP) is 1.48. The van der Waals surface area contributed by atoms with Crippen molar-refractivity contribution >= 4 is 16.5 Å². The number of hydrogen-bond donors (Lipinski definition) is 1. The summed E-state index contributed by atoms with van der Waals surface area (Å²) in [6.07, 6.45) is 2.38. The van der Waals surface area contributed by atoms with Gasteiger partial charge in [-0.3, -0.25) is 0 Å². The van der Waals surface area contributed by atoms with Crippen molar-refractivity contribution in [2.24, 2.45) is 0 Å². The first-order chi connectivity index (χ1) is 7.75. The van der Waals surface area contributed by atoms with Gasteiger partial charge in [-0.15, -0.1) is 11.3 Å². The molecule has 1 saturated heterocycles. The molecule has 5 heteroatoms. The molecule has 90 valence electrons. The summed E-state index contributed by atoms with van der Waals surface area (Å²) in [6, 6.07) is 0.498. The Bertz CT molecular complexity index is 321. The Morgan fingerprint density at radius 1 is 1.62 bits per heavy atom. The van der Waals surface area contributed by atoms with Gasteiger partial charge in [0, 0.05) is 38.7 Å². The minimum Gasteiger partial charge on any atom is -0.380 e. The Morgan fingerprint density at radius 2 is 2.50 bits per heavy atom. The van der Waals surface area contributed by atoms with Gasteiger partial charge in [-0.25, -0.2) is 4.98 Å². The molecule has 4 nitrogen and oxygen atoms in total. The molecule has 1 aliphatic rings. The van der Waals surface area contributed by atoms with Crippen molar-refractivity contribution in [3.63, 3.8) is 0 Å². The summed E-state index contributed by atoms with van der Waals surface area (Å²) in [5.41, 5.74) is 1.12. The van der Waals surface area contributed by atoms with E-state index in [0.29, 0.717) is 6.04 Å². The van der Waals surface area contributed by atoms with Crippen molar-refractivity contribution in [2.75, 3.05) is 32.2 Å². The molecule has 1 N–H and O–H groups in total. The summed E-state index contributed by atoms with van der Waals surface area (Å²) < 4.78 is 5.43. The molecule has 2 heterocycles. The average Bonchev–Trinajstić information content (AvgIpc) is 2.76. The topological polar surface area (TPSA) is 37.4 Å². The van der Waals surface area contributed by atoms with Gasteiger partial charge in [0.15, 0.2) is 5.13 Å². The van der Waals surface area contributed by atoms with E-state index in [1.807, 2.05) is 19.0 Å². The quantitative estimate of drug-likeness (QED) is 0.866. The fourth-order valence-corrected chi connectivity index (χ4v) is 2.49. The first-order valence-corrected chi connectivity index (χ1v) is 6.56. The van der Waals surface area contributed by atoms with Gasteiger partial charge in [0.1, 0.15) is 0 Å². The molecule has 0 saturated carbocycles. The molecule has 0 amide bonds. The summed E-state index contributed by atoms with van der Waals surface area (Å²) in [5, 5.41) is 6.67. The normalized spacial score (nSPS) is 21.0. The summed E-state index contributed by atoms with van der Waals surface area (Å²) >= 11 is 1.69. The Labute approximate surface area is 101 Å². The molecule has 16 heavy (non-hydrogen) atoms. The lowest BCUT2D eigenvalue weighted by Gasteiger charge is -2.22. The van der Waals surface area contributed by atoms with Crippen LogP contribution < -0.4 is 10.2 Å². The van der Waals surface area contributed by atoms with Crippen LogP contribution in [0.15, 0.2) is 5.38 Å². The molecule has 1 atom stereocenters. The zero-order valence-corrected chi connectivity index (χ0v) is 10.7. The number of ether oxygens (including phenoxy) is 1. The lowest BCUT2D eigenvalue weighted by molar-refractivity contribution is 0.0698. The number of thiazole rings is 1. The predicted molar refractivity (Wildman–Crippen MR) is 67.1 cm³/mol. The van der Waals surface area contributed by atoms with Gasteiger partial charge in [-0.1, -0.05) is 0 Å². The van der Waals surface area contributed by atoms with Crippen LogP contribution in [0.2, 0.25) is 0 Å². The average molecular weight is 241 g/mol. The van der Waals surface area contributed by atoms with Gasteiger partial charge in [0.05, 0.1) is 12.3 Å². The van der Waals surface area contributed by atoms with Crippen LogP contribution in [0.1, 0.15) is 18.5 Å². The molecule has 0 aliphatic carbocycles. The van der Waals surface area contributed by atoms with E-state index in [1.54, 1.807) is 11.3 Å². The van der Waals surface area contributed by atoms with Gasteiger partial charge in [-0.2, -0.15) is 0 Å². The van der Waals surface area contributed by atoms with Crippen LogP contribution in [-0.4, -0.2) is 38.3 Å². The van der Waals surface area contributed by atoms with E-state index in [4.69, 9.17) is 4.74 Å². The van der Waals surface area contributed by atoms with Crippen LogP contribution in [0.25, 0.3) is 0 Å². The van der Waals surface area contributed by atoms with Crippen LogP contribution >= 0.6 is 11.3 Å². The third-order valence-electron chi connectivity index (χ3n) is 2.65. The summed E-state index contributed by atoms with van der Waals surface area (Å²) in [6.45, 7) is 2.60. The van der Waals surface area contributed by atoms with Crippen LogP contribution in [0, 0.1) is 0 Å². The molecular formula is C11H19N3OS. The van der Waals surface area contributed by atoms with Gasteiger partial charge in [-0.05, 0) is 12.8 Å². The van der Waals surface area contributed by atoms with E-state index < -0.39 is 0 Å². The second-order valence-corrected chi connectivity index (χ2v) is 5.15. The Kier molecular flexibility index (Phi) is 4.15. The van der Waals surface area contributed by atoms with Crippen molar-refractivity contribution in [1.29, 1.82) is 0 Å². The van der Waals surface area contributed by atoms with Crippen molar-refractivity contribution in [1.82, 2.24) is 10.3 Å². The Balaban J connectivity index is 1.79. The number of rotatable bonds is 4. The smallest absolute Gasteiger partial charge is 0.185 e. The van der Waals surface area contributed by atoms with Gasteiger partial charge >= 0.3 is 0 Å². The Morgan fingerprint density at radius 3 is 3.12 bits per heavy atom. The first-order valence-electron chi connectivity index (χ1n) is 5.68. The van der Waals surface area contributed by atoms with E-state index >= 15 is 0 Å². The second kappa shape index (κ2) is 5.61. The standard InChI is InChI=1S/C11H19N3OS/c1-14(2)11-13-10(8-16-11)6-12-9-4-3-5-15-7-9/h8-9,12H,3-7H2,1-2H3. The SMILES string of the molecule is CN(C)c1nc(CNC2CCCOC2)cs1. The van der Waals surface area contributed by atoms with Crippen LogP contribution in [0.3, 0.4) is 0 Å². The summed E-state index contributed by atoms with van der Waals surface area (Å²) in [5.74, 6) is 0. The molecule has 0 radical (unpaired) electrons. The van der Waals surface area contributed by atoms with Crippen LogP contribution in [0.5, 0.6) is 0 Å². The van der Waals surface area contributed by atoms with E-state index in [9.17, 15) is 0 Å².